The highest BCUT2D eigenvalue weighted by molar-refractivity contribution is 7.89. The largest absolute Gasteiger partial charge is 0.373 e. The standard InChI is InChI=1S/C15H19NO4S/c1-12-2-4-13(5-3-12)21(18,19)16-8-6-15(7-9-16)11-20-10-14(15)17/h2-5H,6-11H2,1H3. The molecule has 0 aliphatic carbocycles. The van der Waals surface area contributed by atoms with E-state index in [1.54, 1.807) is 24.3 Å². The minimum atomic E-state index is -3.46. The van der Waals surface area contributed by atoms with Gasteiger partial charge in [-0.2, -0.15) is 4.31 Å². The topological polar surface area (TPSA) is 63.7 Å². The number of ether oxygens (including phenoxy) is 1. The lowest BCUT2D eigenvalue weighted by molar-refractivity contribution is -0.126. The lowest BCUT2D eigenvalue weighted by atomic mass is 9.78. The van der Waals surface area contributed by atoms with Gasteiger partial charge >= 0.3 is 0 Å². The van der Waals surface area contributed by atoms with Gasteiger partial charge in [0.2, 0.25) is 10.0 Å². The van der Waals surface area contributed by atoms with Crippen molar-refractivity contribution in [3.63, 3.8) is 0 Å². The molecule has 1 spiro atoms. The minimum absolute atomic E-state index is 0.120. The van der Waals surface area contributed by atoms with Crippen LogP contribution in [-0.2, 0) is 19.6 Å². The average molecular weight is 309 g/mol. The minimum Gasteiger partial charge on any atom is -0.373 e. The maximum atomic E-state index is 12.6. The number of ketones is 1. The summed E-state index contributed by atoms with van der Waals surface area (Å²) in [5.41, 5.74) is 0.583. The van der Waals surface area contributed by atoms with E-state index < -0.39 is 15.4 Å². The second-order valence-electron chi connectivity index (χ2n) is 5.91. The highest BCUT2D eigenvalue weighted by atomic mass is 32.2. The van der Waals surface area contributed by atoms with E-state index in [2.05, 4.69) is 0 Å². The van der Waals surface area contributed by atoms with Crippen molar-refractivity contribution >= 4 is 15.8 Å². The molecular formula is C15H19NO4S. The zero-order chi connectivity index (χ0) is 15.1. The molecule has 0 unspecified atom stereocenters. The van der Waals surface area contributed by atoms with E-state index in [4.69, 9.17) is 4.74 Å². The van der Waals surface area contributed by atoms with Crippen LogP contribution in [0.25, 0.3) is 0 Å². The first-order valence-corrected chi connectivity index (χ1v) is 8.56. The molecule has 3 rings (SSSR count). The van der Waals surface area contributed by atoms with Crippen LogP contribution >= 0.6 is 0 Å². The van der Waals surface area contributed by atoms with E-state index in [0.29, 0.717) is 37.4 Å². The number of rotatable bonds is 2. The van der Waals surface area contributed by atoms with E-state index in [1.807, 2.05) is 6.92 Å². The lowest BCUT2D eigenvalue weighted by Gasteiger charge is -2.36. The lowest BCUT2D eigenvalue weighted by Crippen LogP contribution is -2.46. The zero-order valence-corrected chi connectivity index (χ0v) is 12.9. The van der Waals surface area contributed by atoms with Gasteiger partial charge in [0.15, 0.2) is 5.78 Å². The van der Waals surface area contributed by atoms with Gasteiger partial charge in [0.25, 0.3) is 0 Å². The Bertz CT molecular complexity index is 643. The normalized spacial score (nSPS) is 22.8. The number of carbonyl (C=O) groups excluding carboxylic acids is 1. The summed E-state index contributed by atoms with van der Waals surface area (Å²) >= 11 is 0. The van der Waals surface area contributed by atoms with Gasteiger partial charge < -0.3 is 4.74 Å². The van der Waals surface area contributed by atoms with Gasteiger partial charge in [0.05, 0.1) is 16.9 Å². The van der Waals surface area contributed by atoms with Crippen molar-refractivity contribution in [1.29, 1.82) is 0 Å². The number of carbonyl (C=O) groups is 1. The van der Waals surface area contributed by atoms with Gasteiger partial charge in [-0.1, -0.05) is 17.7 Å². The number of Topliss-reactive ketones (excluding diaryl/α,β-unsaturated/α-hetero) is 1. The number of hydrogen-bond donors (Lipinski definition) is 0. The van der Waals surface area contributed by atoms with Gasteiger partial charge in [-0.05, 0) is 31.9 Å². The van der Waals surface area contributed by atoms with E-state index in [9.17, 15) is 13.2 Å². The maximum absolute atomic E-state index is 12.6. The fourth-order valence-electron chi connectivity index (χ4n) is 3.01. The predicted molar refractivity (Wildman–Crippen MR) is 77.4 cm³/mol. The molecule has 0 saturated carbocycles. The quantitative estimate of drug-likeness (QED) is 0.827. The first kappa shape index (κ1) is 14.7. The molecule has 5 nitrogen and oxygen atoms in total. The van der Waals surface area contributed by atoms with Crippen molar-refractivity contribution < 1.29 is 17.9 Å². The van der Waals surface area contributed by atoms with Crippen LogP contribution in [0.5, 0.6) is 0 Å². The second kappa shape index (κ2) is 5.19. The SMILES string of the molecule is Cc1ccc(S(=O)(=O)N2CCC3(CC2)COCC3=O)cc1. The Kier molecular flexibility index (Phi) is 3.63. The molecule has 2 saturated heterocycles. The van der Waals surface area contributed by atoms with Crippen LogP contribution in [0.15, 0.2) is 29.2 Å². The summed E-state index contributed by atoms with van der Waals surface area (Å²) in [5.74, 6) is 0.120. The highest BCUT2D eigenvalue weighted by Crippen LogP contribution is 2.38. The molecule has 1 aromatic rings. The summed E-state index contributed by atoms with van der Waals surface area (Å²) in [7, 11) is -3.46. The first-order valence-electron chi connectivity index (χ1n) is 7.12. The summed E-state index contributed by atoms with van der Waals surface area (Å²) in [5, 5.41) is 0. The molecular weight excluding hydrogens is 290 g/mol. The van der Waals surface area contributed by atoms with E-state index in [0.717, 1.165) is 5.56 Å². The van der Waals surface area contributed by atoms with Gasteiger partial charge in [0.1, 0.15) is 6.61 Å². The number of benzene rings is 1. The smallest absolute Gasteiger partial charge is 0.243 e. The molecule has 0 amide bonds. The highest BCUT2D eigenvalue weighted by Gasteiger charge is 2.46. The third kappa shape index (κ3) is 2.52. The van der Waals surface area contributed by atoms with Crippen molar-refractivity contribution in [1.82, 2.24) is 4.31 Å². The molecule has 114 valence electrons. The number of hydrogen-bond acceptors (Lipinski definition) is 4. The Balaban J connectivity index is 1.77. The number of piperidine rings is 1. The molecule has 2 fully saturated rings. The summed E-state index contributed by atoms with van der Waals surface area (Å²) in [6, 6.07) is 6.87. The molecule has 2 aliphatic heterocycles. The molecule has 0 radical (unpaired) electrons. The average Bonchev–Trinajstić information content (AvgIpc) is 2.81. The molecule has 2 heterocycles. The Morgan fingerprint density at radius 1 is 1.14 bits per heavy atom. The number of nitrogens with zero attached hydrogens (tertiary/aromatic N) is 1. The maximum Gasteiger partial charge on any atom is 0.243 e. The van der Waals surface area contributed by atoms with E-state index in [1.165, 1.54) is 4.31 Å². The van der Waals surface area contributed by atoms with Crippen LogP contribution < -0.4 is 0 Å². The van der Waals surface area contributed by atoms with Gasteiger partial charge in [-0.25, -0.2) is 8.42 Å². The fraction of sp³-hybridized carbons (Fsp3) is 0.533. The van der Waals surface area contributed by atoms with Crippen LogP contribution in [-0.4, -0.2) is 44.8 Å². The molecule has 21 heavy (non-hydrogen) atoms. The van der Waals surface area contributed by atoms with Gasteiger partial charge in [-0.3, -0.25) is 4.79 Å². The molecule has 0 N–H and O–H groups in total. The van der Waals surface area contributed by atoms with Crippen molar-refractivity contribution in [3.8, 4) is 0 Å². The summed E-state index contributed by atoms with van der Waals surface area (Å²) in [6.07, 6.45) is 1.11. The Hall–Kier alpha value is -1.24. The van der Waals surface area contributed by atoms with Crippen molar-refractivity contribution in [2.45, 2.75) is 24.7 Å². The Labute approximate surface area is 124 Å². The van der Waals surface area contributed by atoms with Crippen molar-refractivity contribution in [3.05, 3.63) is 29.8 Å². The van der Waals surface area contributed by atoms with Crippen LogP contribution in [0.4, 0.5) is 0 Å². The van der Waals surface area contributed by atoms with Crippen LogP contribution in [0, 0.1) is 12.3 Å². The summed E-state index contributed by atoms with van der Waals surface area (Å²) in [6.45, 7) is 3.29. The molecule has 0 atom stereocenters. The van der Waals surface area contributed by atoms with Gasteiger partial charge in [-0.15, -0.1) is 0 Å². The monoisotopic (exact) mass is 309 g/mol. The molecule has 0 aromatic heterocycles. The second-order valence-corrected chi connectivity index (χ2v) is 7.85. The van der Waals surface area contributed by atoms with E-state index >= 15 is 0 Å². The molecule has 0 bridgehead atoms. The zero-order valence-electron chi connectivity index (χ0n) is 12.0. The van der Waals surface area contributed by atoms with Crippen molar-refractivity contribution in [2.75, 3.05) is 26.3 Å². The number of sulfonamides is 1. The van der Waals surface area contributed by atoms with Gasteiger partial charge in [0, 0.05) is 13.1 Å². The summed E-state index contributed by atoms with van der Waals surface area (Å²) in [4.78, 5) is 12.2. The van der Waals surface area contributed by atoms with Crippen LogP contribution in [0.2, 0.25) is 0 Å². The summed E-state index contributed by atoms with van der Waals surface area (Å²) < 4.78 is 31.9. The van der Waals surface area contributed by atoms with E-state index in [-0.39, 0.29) is 12.4 Å². The van der Waals surface area contributed by atoms with Crippen LogP contribution in [0.3, 0.4) is 0 Å². The molecule has 6 heteroatoms. The Morgan fingerprint density at radius 3 is 2.29 bits per heavy atom. The Morgan fingerprint density at radius 2 is 1.76 bits per heavy atom. The molecule has 2 aliphatic rings. The van der Waals surface area contributed by atoms with Crippen molar-refractivity contribution in [2.24, 2.45) is 5.41 Å². The predicted octanol–water partition coefficient (Wildman–Crippen LogP) is 1.37. The third-order valence-corrected chi connectivity index (χ3v) is 6.45. The fourth-order valence-corrected chi connectivity index (χ4v) is 4.45. The first-order chi connectivity index (χ1) is 9.94. The third-order valence-electron chi connectivity index (χ3n) is 4.54. The molecule has 1 aromatic carbocycles. The van der Waals surface area contributed by atoms with Crippen LogP contribution in [0.1, 0.15) is 18.4 Å². The number of aryl methyl sites for hydroxylation is 1.